The van der Waals surface area contributed by atoms with Gasteiger partial charge in [-0.2, -0.15) is 0 Å². The maximum atomic E-state index is 5.38. The Morgan fingerprint density at radius 1 is 0.706 bits per heavy atom. The third-order valence-corrected chi connectivity index (χ3v) is 2.66. The molecule has 0 aliphatic rings. The summed E-state index contributed by atoms with van der Waals surface area (Å²) in [5, 5.41) is 0. The summed E-state index contributed by atoms with van der Waals surface area (Å²) in [6, 6.07) is 0. The van der Waals surface area contributed by atoms with E-state index in [2.05, 4.69) is 53.7 Å². The van der Waals surface area contributed by atoms with Gasteiger partial charge in [-0.1, -0.05) is 41.5 Å². The van der Waals surface area contributed by atoms with Crippen LogP contribution in [0.2, 0.25) is 0 Å². The van der Waals surface area contributed by atoms with E-state index in [1.807, 2.05) is 12.5 Å². The lowest BCUT2D eigenvalue weighted by molar-refractivity contribution is 0.384. The highest BCUT2D eigenvalue weighted by Crippen LogP contribution is 2.13. The van der Waals surface area contributed by atoms with E-state index in [4.69, 9.17) is 4.74 Å². The van der Waals surface area contributed by atoms with Gasteiger partial charge in [0.05, 0.1) is 12.5 Å². The molecule has 0 aliphatic heterocycles. The van der Waals surface area contributed by atoms with Crippen molar-refractivity contribution in [1.82, 2.24) is 0 Å². The molecule has 0 heterocycles. The Balaban J connectivity index is 3.74. The van der Waals surface area contributed by atoms with Crippen molar-refractivity contribution in [3.05, 3.63) is 24.7 Å². The zero-order valence-corrected chi connectivity index (χ0v) is 12.4. The lowest BCUT2D eigenvalue weighted by atomic mass is 9.99. The monoisotopic (exact) mass is 238 g/mol. The highest BCUT2D eigenvalue weighted by molar-refractivity contribution is 4.86. The molecule has 0 rings (SSSR count). The lowest BCUT2D eigenvalue weighted by Gasteiger charge is -2.09. The van der Waals surface area contributed by atoms with Crippen LogP contribution in [0.5, 0.6) is 0 Å². The van der Waals surface area contributed by atoms with E-state index >= 15 is 0 Å². The van der Waals surface area contributed by atoms with Gasteiger partial charge in [-0.05, 0) is 48.7 Å². The van der Waals surface area contributed by atoms with Gasteiger partial charge in [-0.3, -0.25) is 0 Å². The molecule has 0 saturated heterocycles. The molecule has 0 saturated carbocycles. The lowest BCUT2D eigenvalue weighted by Crippen LogP contribution is -1.96. The molecule has 100 valence electrons. The molecule has 0 amide bonds. The Morgan fingerprint density at radius 2 is 1.06 bits per heavy atom. The third-order valence-electron chi connectivity index (χ3n) is 2.66. The van der Waals surface area contributed by atoms with Gasteiger partial charge in [0.25, 0.3) is 0 Å². The molecule has 1 heteroatoms. The first-order chi connectivity index (χ1) is 7.91. The fourth-order valence-corrected chi connectivity index (χ4v) is 2.05. The number of rotatable bonds is 8. The molecule has 0 aliphatic carbocycles. The summed E-state index contributed by atoms with van der Waals surface area (Å²) >= 11 is 0. The molecule has 0 bridgehead atoms. The van der Waals surface area contributed by atoms with Gasteiger partial charge in [0.2, 0.25) is 0 Å². The number of hydrogen-bond donors (Lipinski definition) is 0. The van der Waals surface area contributed by atoms with Gasteiger partial charge < -0.3 is 4.74 Å². The van der Waals surface area contributed by atoms with Crippen molar-refractivity contribution in [3.63, 3.8) is 0 Å². The second-order valence-corrected chi connectivity index (χ2v) is 6.01. The van der Waals surface area contributed by atoms with E-state index in [0.717, 1.165) is 11.8 Å². The SMILES string of the molecule is CC(C)CC(C)C=COC=CC(C)CC(C)C. The second kappa shape index (κ2) is 9.32. The van der Waals surface area contributed by atoms with E-state index in [1.165, 1.54) is 12.8 Å². The molecular weight excluding hydrogens is 208 g/mol. The zero-order valence-electron chi connectivity index (χ0n) is 12.4. The van der Waals surface area contributed by atoms with Gasteiger partial charge in [-0.25, -0.2) is 0 Å². The number of hydrogen-bond acceptors (Lipinski definition) is 1. The number of allylic oxidation sites excluding steroid dienone is 2. The molecule has 17 heavy (non-hydrogen) atoms. The zero-order chi connectivity index (χ0) is 13.3. The summed E-state index contributed by atoms with van der Waals surface area (Å²) in [7, 11) is 0. The van der Waals surface area contributed by atoms with Crippen LogP contribution in [0.3, 0.4) is 0 Å². The standard InChI is InChI=1S/C16H30O/c1-13(2)11-15(5)7-9-17-10-8-16(6)12-14(3)4/h7-10,13-16H,11-12H2,1-6H3. The molecule has 0 aromatic carbocycles. The van der Waals surface area contributed by atoms with Crippen LogP contribution in [0, 0.1) is 23.7 Å². The van der Waals surface area contributed by atoms with Crippen LogP contribution in [0.25, 0.3) is 0 Å². The van der Waals surface area contributed by atoms with Crippen LogP contribution in [0.4, 0.5) is 0 Å². The summed E-state index contributed by atoms with van der Waals surface area (Å²) in [4.78, 5) is 0. The topological polar surface area (TPSA) is 9.23 Å². The summed E-state index contributed by atoms with van der Waals surface area (Å²) in [5.74, 6) is 2.68. The van der Waals surface area contributed by atoms with E-state index in [1.54, 1.807) is 0 Å². The average molecular weight is 238 g/mol. The first-order valence-corrected chi connectivity index (χ1v) is 6.90. The average Bonchev–Trinajstić information content (AvgIpc) is 2.14. The van der Waals surface area contributed by atoms with Gasteiger partial charge in [0.15, 0.2) is 0 Å². The Kier molecular flexibility index (Phi) is 8.93. The maximum absolute atomic E-state index is 5.38. The van der Waals surface area contributed by atoms with Crippen LogP contribution in [0.1, 0.15) is 54.4 Å². The van der Waals surface area contributed by atoms with Crippen molar-refractivity contribution in [3.8, 4) is 0 Å². The fraction of sp³-hybridized carbons (Fsp3) is 0.750. The van der Waals surface area contributed by atoms with Crippen molar-refractivity contribution in [1.29, 1.82) is 0 Å². The quantitative estimate of drug-likeness (QED) is 0.515. The normalized spacial score (nSPS) is 16.2. The van der Waals surface area contributed by atoms with Crippen LogP contribution in [-0.4, -0.2) is 0 Å². The largest absolute Gasteiger partial charge is 0.473 e. The van der Waals surface area contributed by atoms with Crippen molar-refractivity contribution < 1.29 is 4.74 Å². The molecule has 0 N–H and O–H groups in total. The van der Waals surface area contributed by atoms with Crippen molar-refractivity contribution in [2.75, 3.05) is 0 Å². The Labute approximate surface area is 108 Å². The summed E-state index contributed by atoms with van der Waals surface area (Å²) in [6.07, 6.45) is 10.3. The molecule has 0 radical (unpaired) electrons. The van der Waals surface area contributed by atoms with Gasteiger partial charge in [0.1, 0.15) is 0 Å². The van der Waals surface area contributed by atoms with Crippen molar-refractivity contribution in [2.24, 2.45) is 23.7 Å². The van der Waals surface area contributed by atoms with Gasteiger partial charge >= 0.3 is 0 Å². The highest BCUT2D eigenvalue weighted by Gasteiger charge is 2.01. The van der Waals surface area contributed by atoms with Crippen LogP contribution >= 0.6 is 0 Å². The summed E-state index contributed by atoms with van der Waals surface area (Å²) in [5.41, 5.74) is 0. The highest BCUT2D eigenvalue weighted by atomic mass is 16.5. The molecule has 2 unspecified atom stereocenters. The van der Waals surface area contributed by atoms with Crippen LogP contribution in [0.15, 0.2) is 24.7 Å². The molecular formula is C16H30O. The fourth-order valence-electron chi connectivity index (χ4n) is 2.05. The molecule has 0 fully saturated rings. The smallest absolute Gasteiger partial charge is 0.0864 e. The minimum absolute atomic E-state index is 0.594. The van der Waals surface area contributed by atoms with E-state index < -0.39 is 0 Å². The minimum Gasteiger partial charge on any atom is -0.473 e. The van der Waals surface area contributed by atoms with Crippen LogP contribution in [-0.2, 0) is 4.74 Å². The van der Waals surface area contributed by atoms with Crippen molar-refractivity contribution >= 4 is 0 Å². The summed E-state index contributed by atoms with van der Waals surface area (Å²) in [6.45, 7) is 13.4. The minimum atomic E-state index is 0.594. The van der Waals surface area contributed by atoms with E-state index in [-0.39, 0.29) is 0 Å². The van der Waals surface area contributed by atoms with E-state index in [9.17, 15) is 0 Å². The molecule has 0 spiro atoms. The first kappa shape index (κ1) is 16.3. The Morgan fingerprint density at radius 3 is 1.35 bits per heavy atom. The molecule has 1 nitrogen and oxygen atoms in total. The van der Waals surface area contributed by atoms with Gasteiger partial charge in [-0.15, -0.1) is 0 Å². The second-order valence-electron chi connectivity index (χ2n) is 6.01. The molecule has 0 aromatic heterocycles. The van der Waals surface area contributed by atoms with Crippen LogP contribution < -0.4 is 0 Å². The van der Waals surface area contributed by atoms with Gasteiger partial charge in [0, 0.05) is 0 Å². The molecule has 0 aromatic rings. The number of ether oxygens (including phenoxy) is 1. The predicted molar refractivity (Wildman–Crippen MR) is 76.6 cm³/mol. The Hall–Kier alpha value is -0.720. The summed E-state index contributed by atoms with van der Waals surface area (Å²) < 4.78 is 5.38. The van der Waals surface area contributed by atoms with E-state index in [0.29, 0.717) is 11.8 Å². The third kappa shape index (κ3) is 11.5. The first-order valence-electron chi connectivity index (χ1n) is 6.90. The van der Waals surface area contributed by atoms with Crippen molar-refractivity contribution in [2.45, 2.75) is 54.4 Å². The molecule has 2 atom stereocenters. The predicted octanol–water partition coefficient (Wildman–Crippen LogP) is 5.39. The maximum Gasteiger partial charge on any atom is 0.0864 e. The Bertz CT molecular complexity index is 202.